The van der Waals surface area contributed by atoms with Gasteiger partial charge in [-0.2, -0.15) is 0 Å². The second-order valence-corrected chi connectivity index (χ2v) is 5.26. The smallest absolute Gasteiger partial charge is 0.218 e. The van der Waals surface area contributed by atoms with Crippen LogP contribution in [0, 0.1) is 0 Å². The molecule has 20 heavy (non-hydrogen) atoms. The first-order valence-corrected chi connectivity index (χ1v) is 6.85. The Balaban J connectivity index is 2.54. The number of ketones is 1. The molecule has 0 saturated carbocycles. The normalized spacial score (nSPS) is 15.8. The highest BCUT2D eigenvalue weighted by molar-refractivity contribution is 6.70. The lowest BCUT2D eigenvalue weighted by atomic mass is 10.1. The second kappa shape index (κ2) is 6.19. The first-order valence-electron chi connectivity index (χ1n) is 5.34. The number of carbonyl (C=O) groups excluding carboxylic acids is 1. The van der Waals surface area contributed by atoms with Gasteiger partial charge in [0.1, 0.15) is 21.5 Å². The maximum Gasteiger partial charge on any atom is 0.218 e. The molecule has 0 amide bonds. The van der Waals surface area contributed by atoms with Gasteiger partial charge in [0.2, 0.25) is 5.78 Å². The zero-order valence-electron chi connectivity index (χ0n) is 10.1. The van der Waals surface area contributed by atoms with Gasteiger partial charge in [0.15, 0.2) is 0 Å². The maximum absolute atomic E-state index is 11.6. The minimum absolute atomic E-state index is 0.0334. The highest BCUT2D eigenvalue weighted by Gasteiger charge is 2.30. The van der Waals surface area contributed by atoms with Crippen molar-refractivity contribution >= 4 is 63.6 Å². The number of aliphatic imine (C=N–C) groups is 1. The Hall–Kier alpha value is -1.000. The predicted octanol–water partition coefficient (Wildman–Crippen LogP) is 4.73. The van der Waals surface area contributed by atoms with E-state index in [0.717, 1.165) is 0 Å². The summed E-state index contributed by atoms with van der Waals surface area (Å²) in [6, 6.07) is 6.93. The summed E-state index contributed by atoms with van der Waals surface area (Å²) in [5, 5.41) is -0.479. The van der Waals surface area contributed by atoms with Gasteiger partial charge in [0.05, 0.1) is 22.9 Å². The van der Waals surface area contributed by atoms with Crippen LogP contribution in [0.1, 0.15) is 0 Å². The summed E-state index contributed by atoms with van der Waals surface area (Å²) in [4.78, 5) is 15.9. The SMILES string of the molecule is COc1cccc(N=C2C(Cl)=C(Cl)C(=O)C(Cl)=C2Cl)c1. The summed E-state index contributed by atoms with van der Waals surface area (Å²) in [7, 11) is 1.54. The topological polar surface area (TPSA) is 38.7 Å². The van der Waals surface area contributed by atoms with E-state index in [0.29, 0.717) is 11.4 Å². The number of methoxy groups -OCH3 is 1. The van der Waals surface area contributed by atoms with E-state index in [1.807, 2.05) is 0 Å². The minimum atomic E-state index is -0.618. The fourth-order valence-electron chi connectivity index (χ4n) is 1.51. The van der Waals surface area contributed by atoms with E-state index in [-0.39, 0.29) is 25.8 Å². The van der Waals surface area contributed by atoms with Crippen molar-refractivity contribution in [1.29, 1.82) is 0 Å². The van der Waals surface area contributed by atoms with Crippen LogP contribution in [0.2, 0.25) is 0 Å². The van der Waals surface area contributed by atoms with Gasteiger partial charge < -0.3 is 4.74 Å². The van der Waals surface area contributed by atoms with Gasteiger partial charge in [-0.05, 0) is 12.1 Å². The summed E-state index contributed by atoms with van der Waals surface area (Å²) in [5.41, 5.74) is 0.690. The van der Waals surface area contributed by atoms with Gasteiger partial charge in [-0.3, -0.25) is 4.79 Å². The zero-order valence-corrected chi connectivity index (χ0v) is 13.1. The molecule has 0 bridgehead atoms. The lowest BCUT2D eigenvalue weighted by Crippen LogP contribution is -2.15. The molecule has 1 aromatic carbocycles. The van der Waals surface area contributed by atoms with Gasteiger partial charge in [0.25, 0.3) is 0 Å². The van der Waals surface area contributed by atoms with E-state index < -0.39 is 5.78 Å². The standard InChI is InChI=1S/C13H7Cl4NO2/c1-20-7-4-2-3-6(5-7)18-12-8(14)10(16)13(19)11(17)9(12)15/h2-5H,1H3. The molecule has 0 spiro atoms. The second-order valence-electron chi connectivity index (χ2n) is 3.75. The first kappa shape index (κ1) is 15.4. The van der Waals surface area contributed by atoms with E-state index in [2.05, 4.69) is 4.99 Å². The number of halogens is 4. The highest BCUT2D eigenvalue weighted by Crippen LogP contribution is 2.35. The van der Waals surface area contributed by atoms with Crippen LogP contribution in [0.5, 0.6) is 5.75 Å². The van der Waals surface area contributed by atoms with Gasteiger partial charge >= 0.3 is 0 Å². The lowest BCUT2D eigenvalue weighted by molar-refractivity contribution is -0.111. The van der Waals surface area contributed by atoms with Crippen LogP contribution in [-0.2, 0) is 4.79 Å². The van der Waals surface area contributed by atoms with Gasteiger partial charge in [-0.15, -0.1) is 0 Å². The average molecular weight is 351 g/mol. The molecule has 0 aromatic heterocycles. The largest absolute Gasteiger partial charge is 0.497 e. The molecule has 1 aliphatic carbocycles. The number of Topliss-reactive ketones (excluding diaryl/α,β-unsaturated/α-hetero) is 1. The number of ether oxygens (including phenoxy) is 1. The molecule has 0 heterocycles. The molecule has 7 heteroatoms. The molecule has 0 unspecified atom stereocenters. The minimum Gasteiger partial charge on any atom is -0.497 e. The summed E-state index contributed by atoms with van der Waals surface area (Å²) >= 11 is 23.6. The van der Waals surface area contributed by atoms with Crippen molar-refractivity contribution in [2.24, 2.45) is 4.99 Å². The lowest BCUT2D eigenvalue weighted by Gasteiger charge is -2.13. The molecule has 0 atom stereocenters. The van der Waals surface area contributed by atoms with Crippen LogP contribution >= 0.6 is 46.4 Å². The third kappa shape index (κ3) is 2.86. The number of carbonyl (C=O) groups is 1. The molecule has 0 radical (unpaired) electrons. The summed E-state index contributed by atoms with van der Waals surface area (Å²) < 4.78 is 5.09. The van der Waals surface area contributed by atoms with Crippen LogP contribution in [-0.4, -0.2) is 18.6 Å². The predicted molar refractivity (Wildman–Crippen MR) is 82.6 cm³/mol. The molecular formula is C13H7Cl4NO2. The zero-order chi connectivity index (χ0) is 14.9. The van der Waals surface area contributed by atoms with E-state index in [9.17, 15) is 4.79 Å². The molecule has 1 aliphatic rings. The molecule has 0 fully saturated rings. The monoisotopic (exact) mass is 349 g/mol. The molecule has 104 valence electrons. The number of rotatable bonds is 2. The van der Waals surface area contributed by atoms with Crippen molar-refractivity contribution in [3.05, 3.63) is 44.4 Å². The summed E-state index contributed by atoms with van der Waals surface area (Å²) in [6.45, 7) is 0. The van der Waals surface area contributed by atoms with Crippen molar-refractivity contribution in [1.82, 2.24) is 0 Å². The Morgan fingerprint density at radius 2 is 1.60 bits per heavy atom. The van der Waals surface area contributed by atoms with Gasteiger partial charge in [-0.1, -0.05) is 52.5 Å². The van der Waals surface area contributed by atoms with Crippen LogP contribution in [0.4, 0.5) is 5.69 Å². The molecule has 0 saturated heterocycles. The van der Waals surface area contributed by atoms with Crippen LogP contribution in [0.3, 0.4) is 0 Å². The van der Waals surface area contributed by atoms with Crippen LogP contribution < -0.4 is 4.74 Å². The number of nitrogens with zero attached hydrogens (tertiary/aromatic N) is 1. The molecule has 2 rings (SSSR count). The van der Waals surface area contributed by atoms with Crippen molar-refractivity contribution < 1.29 is 9.53 Å². The number of benzene rings is 1. The van der Waals surface area contributed by atoms with E-state index in [1.54, 1.807) is 31.4 Å². The molecule has 1 aromatic rings. The number of hydrogen-bond donors (Lipinski definition) is 0. The average Bonchev–Trinajstić information content (AvgIpc) is 2.48. The Morgan fingerprint density at radius 3 is 2.15 bits per heavy atom. The van der Waals surface area contributed by atoms with Crippen molar-refractivity contribution in [3.8, 4) is 5.75 Å². The fraction of sp³-hybridized carbons (Fsp3) is 0.0769. The van der Waals surface area contributed by atoms with Gasteiger partial charge in [-0.25, -0.2) is 4.99 Å². The molecular weight excluding hydrogens is 344 g/mol. The van der Waals surface area contributed by atoms with E-state index in [4.69, 9.17) is 51.1 Å². The Bertz CT molecular complexity index is 647. The van der Waals surface area contributed by atoms with E-state index in [1.165, 1.54) is 0 Å². The quantitative estimate of drug-likeness (QED) is 0.723. The fourth-order valence-corrected chi connectivity index (χ4v) is 2.42. The van der Waals surface area contributed by atoms with Crippen molar-refractivity contribution in [2.45, 2.75) is 0 Å². The van der Waals surface area contributed by atoms with Crippen molar-refractivity contribution in [2.75, 3.05) is 7.11 Å². The first-order chi connectivity index (χ1) is 9.45. The highest BCUT2D eigenvalue weighted by atomic mass is 35.5. The number of hydrogen-bond acceptors (Lipinski definition) is 3. The Kier molecular flexibility index (Phi) is 4.76. The molecule has 3 nitrogen and oxygen atoms in total. The maximum atomic E-state index is 11.6. The Labute approximate surface area is 135 Å². The van der Waals surface area contributed by atoms with Gasteiger partial charge in [0, 0.05) is 6.07 Å². The van der Waals surface area contributed by atoms with E-state index >= 15 is 0 Å². The molecule has 0 aliphatic heterocycles. The van der Waals surface area contributed by atoms with Crippen LogP contribution in [0.15, 0.2) is 49.4 Å². The van der Waals surface area contributed by atoms with Crippen LogP contribution in [0.25, 0.3) is 0 Å². The number of allylic oxidation sites excluding steroid dienone is 4. The third-order valence-electron chi connectivity index (χ3n) is 2.49. The molecule has 0 N–H and O–H groups in total. The van der Waals surface area contributed by atoms with Crippen molar-refractivity contribution in [3.63, 3.8) is 0 Å². The summed E-state index contributed by atoms with van der Waals surface area (Å²) in [6.07, 6.45) is 0. The third-order valence-corrected chi connectivity index (χ3v) is 4.14. The Morgan fingerprint density at radius 1 is 1.00 bits per heavy atom. The summed E-state index contributed by atoms with van der Waals surface area (Å²) in [5.74, 6) is 0.00376.